The molecule has 1 N–H and O–H groups in total. The zero-order valence-corrected chi connectivity index (χ0v) is 17.8. The molecular formula is C19H21ClN4O4S. The number of carbonyl (C=O) groups excluding carboxylic acids is 1. The van der Waals surface area contributed by atoms with Crippen LogP contribution in [0.4, 0.5) is 5.69 Å². The Balaban J connectivity index is 1.72. The van der Waals surface area contributed by atoms with E-state index in [4.69, 9.17) is 25.5 Å². The number of halogens is 1. The van der Waals surface area contributed by atoms with Crippen molar-refractivity contribution in [3.63, 3.8) is 0 Å². The Hall–Kier alpha value is -2.65. The van der Waals surface area contributed by atoms with Crippen molar-refractivity contribution in [2.45, 2.75) is 25.0 Å². The van der Waals surface area contributed by atoms with Crippen LogP contribution in [-0.4, -0.2) is 40.6 Å². The van der Waals surface area contributed by atoms with Crippen LogP contribution in [0.15, 0.2) is 40.1 Å². The van der Waals surface area contributed by atoms with E-state index < -0.39 is 0 Å². The quantitative estimate of drug-likeness (QED) is 0.498. The van der Waals surface area contributed by atoms with Gasteiger partial charge in [-0.05, 0) is 18.6 Å². The number of carbonyl (C=O) groups is 1. The average Bonchev–Trinajstić information content (AvgIpc) is 3.37. The topological polar surface area (TPSA) is 91.4 Å². The molecule has 0 atom stereocenters. The number of rotatable bonds is 9. The van der Waals surface area contributed by atoms with Gasteiger partial charge in [0.1, 0.15) is 11.5 Å². The first-order valence-electron chi connectivity index (χ1n) is 8.88. The van der Waals surface area contributed by atoms with Crippen molar-refractivity contribution in [2.75, 3.05) is 25.3 Å². The second-order valence-corrected chi connectivity index (χ2v) is 7.31. The molecule has 154 valence electrons. The maximum atomic E-state index is 12.5. The van der Waals surface area contributed by atoms with Crippen LogP contribution in [0.1, 0.15) is 13.3 Å². The van der Waals surface area contributed by atoms with Crippen LogP contribution in [0.2, 0.25) is 5.02 Å². The molecule has 1 aromatic carbocycles. The number of benzene rings is 1. The summed E-state index contributed by atoms with van der Waals surface area (Å²) in [5.41, 5.74) is 0.477. The SMILES string of the molecule is CCCn1c(SCC(=O)Nc2cc(OC)c(Cl)cc2OC)nnc1-c1ccco1. The number of thioether (sulfide) groups is 1. The molecule has 0 aliphatic carbocycles. The number of anilines is 1. The van der Waals surface area contributed by atoms with Gasteiger partial charge in [-0.1, -0.05) is 30.3 Å². The minimum atomic E-state index is -0.219. The Bertz CT molecular complexity index is 975. The lowest BCUT2D eigenvalue weighted by Gasteiger charge is -2.13. The van der Waals surface area contributed by atoms with Crippen LogP contribution in [0, 0.1) is 0 Å². The molecule has 2 heterocycles. The van der Waals surface area contributed by atoms with E-state index in [0.29, 0.717) is 39.0 Å². The highest BCUT2D eigenvalue weighted by atomic mass is 35.5. The average molecular weight is 437 g/mol. The summed E-state index contributed by atoms with van der Waals surface area (Å²) in [4.78, 5) is 12.5. The molecule has 10 heteroatoms. The number of furan rings is 1. The maximum absolute atomic E-state index is 12.5. The normalized spacial score (nSPS) is 10.8. The van der Waals surface area contributed by atoms with Gasteiger partial charge in [-0.25, -0.2) is 0 Å². The third kappa shape index (κ3) is 4.86. The van der Waals surface area contributed by atoms with E-state index in [9.17, 15) is 4.79 Å². The van der Waals surface area contributed by atoms with Gasteiger partial charge >= 0.3 is 0 Å². The zero-order valence-electron chi connectivity index (χ0n) is 16.3. The van der Waals surface area contributed by atoms with Crippen molar-refractivity contribution >= 4 is 35.0 Å². The zero-order chi connectivity index (χ0) is 20.8. The molecule has 0 aliphatic heterocycles. The minimum absolute atomic E-state index is 0.147. The third-order valence-electron chi connectivity index (χ3n) is 3.99. The largest absolute Gasteiger partial charge is 0.495 e. The number of nitrogens with one attached hydrogen (secondary N) is 1. The number of nitrogens with zero attached hydrogens (tertiary/aromatic N) is 3. The molecule has 1 amide bonds. The predicted molar refractivity (Wildman–Crippen MR) is 112 cm³/mol. The lowest BCUT2D eigenvalue weighted by atomic mass is 10.2. The van der Waals surface area contributed by atoms with Crippen molar-refractivity contribution in [1.82, 2.24) is 14.8 Å². The number of hydrogen-bond donors (Lipinski definition) is 1. The summed E-state index contributed by atoms with van der Waals surface area (Å²) >= 11 is 7.40. The molecule has 0 fully saturated rings. The Morgan fingerprint density at radius 1 is 1.28 bits per heavy atom. The van der Waals surface area contributed by atoms with Gasteiger partial charge < -0.3 is 19.2 Å². The van der Waals surface area contributed by atoms with Crippen LogP contribution in [0.25, 0.3) is 11.6 Å². The molecule has 29 heavy (non-hydrogen) atoms. The van der Waals surface area contributed by atoms with Gasteiger partial charge in [0.25, 0.3) is 0 Å². The van der Waals surface area contributed by atoms with E-state index in [0.717, 1.165) is 13.0 Å². The summed E-state index contributed by atoms with van der Waals surface area (Å²) in [5, 5.41) is 12.3. The highest BCUT2D eigenvalue weighted by molar-refractivity contribution is 7.99. The van der Waals surface area contributed by atoms with Crippen LogP contribution in [0.5, 0.6) is 11.5 Å². The van der Waals surface area contributed by atoms with Crippen LogP contribution in [0.3, 0.4) is 0 Å². The second-order valence-electron chi connectivity index (χ2n) is 5.96. The predicted octanol–water partition coefficient (Wildman–Crippen LogP) is 4.35. The molecule has 0 aliphatic rings. The van der Waals surface area contributed by atoms with Crippen molar-refractivity contribution in [3.05, 3.63) is 35.6 Å². The molecule has 0 unspecified atom stereocenters. The Kier molecular flexibility index (Phi) is 7.05. The molecular weight excluding hydrogens is 416 g/mol. The first-order valence-corrected chi connectivity index (χ1v) is 10.2. The van der Waals surface area contributed by atoms with Crippen molar-refractivity contribution in [3.8, 4) is 23.1 Å². The van der Waals surface area contributed by atoms with Crippen LogP contribution >= 0.6 is 23.4 Å². The molecule has 0 bridgehead atoms. The first kappa shape index (κ1) is 21.1. The summed E-state index contributed by atoms with van der Waals surface area (Å²) in [5.74, 6) is 2.10. The Labute approximate surface area is 177 Å². The lowest BCUT2D eigenvalue weighted by Crippen LogP contribution is -2.15. The molecule has 3 aromatic rings. The van der Waals surface area contributed by atoms with Gasteiger partial charge in [-0.3, -0.25) is 9.36 Å². The Morgan fingerprint density at radius 2 is 2.07 bits per heavy atom. The van der Waals surface area contributed by atoms with Gasteiger partial charge in [0, 0.05) is 18.7 Å². The number of aromatic nitrogens is 3. The van der Waals surface area contributed by atoms with Crippen molar-refractivity contribution < 1.29 is 18.7 Å². The standard InChI is InChI=1S/C19H21ClN4O4S/c1-4-7-24-18(14-6-5-8-28-14)22-23-19(24)29-11-17(25)21-13-10-15(26-2)12(20)9-16(13)27-3/h5-6,8-10H,4,7,11H2,1-3H3,(H,21,25). The number of amides is 1. The molecule has 3 rings (SSSR count). The fourth-order valence-corrected chi connectivity index (χ4v) is 3.68. The van der Waals surface area contributed by atoms with E-state index in [1.807, 2.05) is 10.6 Å². The summed E-state index contributed by atoms with van der Waals surface area (Å²) in [6.07, 6.45) is 2.49. The third-order valence-corrected chi connectivity index (χ3v) is 5.25. The molecule has 8 nitrogen and oxygen atoms in total. The summed E-state index contributed by atoms with van der Waals surface area (Å²) in [7, 11) is 3.01. The fourth-order valence-electron chi connectivity index (χ4n) is 2.68. The number of hydrogen-bond acceptors (Lipinski definition) is 7. The van der Waals surface area contributed by atoms with E-state index in [2.05, 4.69) is 22.4 Å². The highest BCUT2D eigenvalue weighted by Gasteiger charge is 2.18. The molecule has 2 aromatic heterocycles. The van der Waals surface area contributed by atoms with Crippen molar-refractivity contribution in [1.29, 1.82) is 0 Å². The first-order chi connectivity index (χ1) is 14.1. The molecule has 0 spiro atoms. The second kappa shape index (κ2) is 9.71. The molecule has 0 saturated heterocycles. The van der Waals surface area contributed by atoms with Crippen LogP contribution < -0.4 is 14.8 Å². The number of methoxy groups -OCH3 is 2. The minimum Gasteiger partial charge on any atom is -0.495 e. The summed E-state index contributed by atoms with van der Waals surface area (Å²) in [6.45, 7) is 2.78. The fraction of sp³-hybridized carbons (Fsp3) is 0.316. The van der Waals surface area contributed by atoms with Crippen molar-refractivity contribution in [2.24, 2.45) is 0 Å². The van der Waals surface area contributed by atoms with E-state index in [-0.39, 0.29) is 11.7 Å². The van der Waals surface area contributed by atoms with E-state index in [1.54, 1.807) is 24.5 Å². The summed E-state index contributed by atoms with van der Waals surface area (Å²) < 4.78 is 17.9. The van der Waals surface area contributed by atoms with Gasteiger partial charge in [0.15, 0.2) is 16.7 Å². The molecule has 0 saturated carbocycles. The number of ether oxygens (including phenoxy) is 2. The highest BCUT2D eigenvalue weighted by Crippen LogP contribution is 2.36. The molecule has 0 radical (unpaired) electrons. The van der Waals surface area contributed by atoms with Gasteiger partial charge in [0.05, 0.1) is 36.9 Å². The van der Waals surface area contributed by atoms with Gasteiger partial charge in [-0.15, -0.1) is 10.2 Å². The monoisotopic (exact) mass is 436 g/mol. The maximum Gasteiger partial charge on any atom is 0.234 e. The Morgan fingerprint density at radius 3 is 2.72 bits per heavy atom. The van der Waals surface area contributed by atoms with Crippen LogP contribution in [-0.2, 0) is 11.3 Å². The van der Waals surface area contributed by atoms with E-state index in [1.165, 1.54) is 26.0 Å². The van der Waals surface area contributed by atoms with Gasteiger partial charge in [-0.2, -0.15) is 0 Å². The van der Waals surface area contributed by atoms with E-state index >= 15 is 0 Å². The lowest BCUT2D eigenvalue weighted by molar-refractivity contribution is -0.113. The smallest absolute Gasteiger partial charge is 0.234 e. The van der Waals surface area contributed by atoms with Gasteiger partial charge in [0.2, 0.25) is 5.91 Å². The summed E-state index contributed by atoms with van der Waals surface area (Å²) in [6, 6.07) is 6.85.